The second-order valence-corrected chi connectivity index (χ2v) is 1.86. The van der Waals surface area contributed by atoms with Crippen LogP contribution >= 0.6 is 0 Å². The largest absolute Gasteiger partial charge is 0.383 e. The first-order chi connectivity index (χ1) is 4.35. The van der Waals surface area contributed by atoms with Gasteiger partial charge in [0, 0.05) is 7.11 Å². The number of hydrogen-bond acceptors (Lipinski definition) is 2. The van der Waals surface area contributed by atoms with Crippen molar-refractivity contribution in [3.63, 3.8) is 0 Å². The van der Waals surface area contributed by atoms with E-state index in [0.717, 1.165) is 19.7 Å². The maximum absolute atomic E-state index is 4.88. The van der Waals surface area contributed by atoms with Crippen molar-refractivity contribution < 1.29 is 4.74 Å². The summed E-state index contributed by atoms with van der Waals surface area (Å²) in [6.45, 7) is 9.20. The maximum Gasteiger partial charge on any atom is 0.0634 e. The van der Waals surface area contributed by atoms with E-state index in [-0.39, 0.29) is 0 Å². The molecule has 2 nitrogen and oxygen atoms in total. The lowest BCUT2D eigenvalue weighted by atomic mass is 10.5. The minimum Gasteiger partial charge on any atom is -0.383 e. The van der Waals surface area contributed by atoms with Gasteiger partial charge in [0.1, 0.15) is 0 Å². The van der Waals surface area contributed by atoms with Crippen LogP contribution in [0.3, 0.4) is 0 Å². The summed E-state index contributed by atoms with van der Waals surface area (Å²) in [6.07, 6.45) is 0. The smallest absolute Gasteiger partial charge is 0.0634 e. The van der Waals surface area contributed by atoms with E-state index in [1.165, 1.54) is 0 Å². The van der Waals surface area contributed by atoms with Crippen molar-refractivity contribution in [2.75, 3.05) is 26.8 Å². The average Bonchev–Trinajstić information content (AvgIpc) is 1.91. The van der Waals surface area contributed by atoms with Crippen molar-refractivity contribution >= 4 is 0 Å². The molecule has 0 spiro atoms. The Kier molecular flexibility index (Phi) is 5.99. The number of nitrogens with zero attached hydrogens (tertiary/aromatic N) is 1. The van der Waals surface area contributed by atoms with Gasteiger partial charge in [-0.15, -0.1) is 0 Å². The second kappa shape index (κ2) is 6.05. The Morgan fingerprint density at radius 2 is 1.89 bits per heavy atom. The van der Waals surface area contributed by atoms with Gasteiger partial charge >= 0.3 is 0 Å². The molecule has 0 aromatic rings. The van der Waals surface area contributed by atoms with E-state index < -0.39 is 0 Å². The van der Waals surface area contributed by atoms with Crippen molar-refractivity contribution in [1.29, 1.82) is 0 Å². The molecule has 1 radical (unpaired) electrons. The highest BCUT2D eigenvalue weighted by molar-refractivity contribution is 4.63. The van der Waals surface area contributed by atoms with Crippen LogP contribution in [-0.4, -0.2) is 31.7 Å². The molecule has 0 aliphatic carbocycles. The van der Waals surface area contributed by atoms with Gasteiger partial charge in [0.05, 0.1) is 13.2 Å². The molecule has 0 amide bonds. The van der Waals surface area contributed by atoms with Crippen molar-refractivity contribution in [3.8, 4) is 0 Å². The van der Waals surface area contributed by atoms with E-state index in [9.17, 15) is 0 Å². The van der Waals surface area contributed by atoms with E-state index in [4.69, 9.17) is 4.74 Å². The molecular formula is C7H16NO. The minimum atomic E-state index is 0.724. The zero-order valence-electron chi connectivity index (χ0n) is 6.55. The molecule has 0 bridgehead atoms. The van der Waals surface area contributed by atoms with Gasteiger partial charge in [-0.25, -0.2) is 0 Å². The monoisotopic (exact) mass is 130 g/mol. The summed E-state index contributed by atoms with van der Waals surface area (Å²) in [5.74, 6) is 0. The molecule has 0 aliphatic heterocycles. The zero-order valence-corrected chi connectivity index (χ0v) is 6.55. The molecule has 0 atom stereocenters. The summed E-state index contributed by atoms with van der Waals surface area (Å²) in [6, 6.07) is 0. The predicted octanol–water partition coefficient (Wildman–Crippen LogP) is 1.14. The first-order valence-electron chi connectivity index (χ1n) is 3.41. The third-order valence-corrected chi connectivity index (χ3v) is 1.31. The van der Waals surface area contributed by atoms with Gasteiger partial charge in [-0.05, 0) is 13.1 Å². The Bertz CT molecular complexity index is 52.9. The molecule has 0 aliphatic rings. The molecule has 0 rings (SSSR count). The lowest BCUT2D eigenvalue weighted by molar-refractivity contribution is 0.187. The molecule has 0 unspecified atom stereocenters. The van der Waals surface area contributed by atoms with E-state index in [1.54, 1.807) is 7.11 Å². The molecule has 0 fully saturated rings. The SMILES string of the molecule is CCN([CH]COC)CC. The van der Waals surface area contributed by atoms with E-state index in [0.29, 0.717) is 0 Å². The highest BCUT2D eigenvalue weighted by atomic mass is 16.5. The molecule has 9 heavy (non-hydrogen) atoms. The van der Waals surface area contributed by atoms with E-state index >= 15 is 0 Å². The van der Waals surface area contributed by atoms with Crippen LogP contribution in [0.4, 0.5) is 0 Å². The Balaban J connectivity index is 3.09. The summed E-state index contributed by atoms with van der Waals surface area (Å²) >= 11 is 0. The fraction of sp³-hybridized carbons (Fsp3) is 0.857. The van der Waals surface area contributed by atoms with Crippen LogP contribution in [0.5, 0.6) is 0 Å². The molecule has 0 heterocycles. The van der Waals surface area contributed by atoms with E-state index in [1.807, 2.05) is 0 Å². The highest BCUT2D eigenvalue weighted by Crippen LogP contribution is 1.90. The summed E-state index contributed by atoms with van der Waals surface area (Å²) in [5.41, 5.74) is 0. The van der Waals surface area contributed by atoms with Gasteiger partial charge < -0.3 is 4.74 Å². The minimum absolute atomic E-state index is 0.724. The Labute approximate surface area is 57.8 Å². The number of hydrogen-bond donors (Lipinski definition) is 0. The first-order valence-corrected chi connectivity index (χ1v) is 3.41. The molecule has 0 N–H and O–H groups in total. The van der Waals surface area contributed by atoms with Gasteiger partial charge in [0.2, 0.25) is 0 Å². The Morgan fingerprint density at radius 1 is 1.33 bits per heavy atom. The molecule has 2 heteroatoms. The van der Waals surface area contributed by atoms with Crippen LogP contribution in [0.15, 0.2) is 0 Å². The topological polar surface area (TPSA) is 12.5 Å². The fourth-order valence-electron chi connectivity index (χ4n) is 0.662. The molecular weight excluding hydrogens is 114 g/mol. The van der Waals surface area contributed by atoms with Gasteiger partial charge in [-0.3, -0.25) is 4.90 Å². The quantitative estimate of drug-likeness (QED) is 0.553. The number of rotatable bonds is 5. The van der Waals surface area contributed by atoms with Crippen LogP contribution < -0.4 is 0 Å². The number of ether oxygens (including phenoxy) is 1. The highest BCUT2D eigenvalue weighted by Gasteiger charge is 1.95. The van der Waals surface area contributed by atoms with Crippen molar-refractivity contribution in [3.05, 3.63) is 6.54 Å². The van der Waals surface area contributed by atoms with Crippen LogP contribution in [0.25, 0.3) is 0 Å². The lowest BCUT2D eigenvalue weighted by Gasteiger charge is -2.15. The zero-order chi connectivity index (χ0) is 7.11. The summed E-state index contributed by atoms with van der Waals surface area (Å²) < 4.78 is 4.88. The normalized spacial score (nSPS) is 10.7. The van der Waals surface area contributed by atoms with Crippen LogP contribution in [-0.2, 0) is 4.74 Å². The van der Waals surface area contributed by atoms with E-state index in [2.05, 4.69) is 25.3 Å². The third-order valence-electron chi connectivity index (χ3n) is 1.31. The summed E-state index contributed by atoms with van der Waals surface area (Å²) in [7, 11) is 1.71. The fourth-order valence-corrected chi connectivity index (χ4v) is 0.662. The second-order valence-electron chi connectivity index (χ2n) is 1.86. The van der Waals surface area contributed by atoms with Gasteiger partial charge in [0.25, 0.3) is 0 Å². The summed E-state index contributed by atoms with van der Waals surface area (Å²) in [4.78, 5) is 2.21. The van der Waals surface area contributed by atoms with Gasteiger partial charge in [-0.1, -0.05) is 13.8 Å². The van der Waals surface area contributed by atoms with Crippen LogP contribution in [0.1, 0.15) is 13.8 Å². The summed E-state index contributed by atoms with van der Waals surface area (Å²) in [5, 5.41) is 0. The molecule has 0 aromatic carbocycles. The maximum atomic E-state index is 4.88. The van der Waals surface area contributed by atoms with Gasteiger partial charge in [-0.2, -0.15) is 0 Å². The Hall–Kier alpha value is -0.0800. The van der Waals surface area contributed by atoms with Crippen LogP contribution in [0, 0.1) is 6.54 Å². The van der Waals surface area contributed by atoms with Crippen LogP contribution in [0.2, 0.25) is 0 Å². The van der Waals surface area contributed by atoms with Gasteiger partial charge in [0.15, 0.2) is 0 Å². The predicted molar refractivity (Wildman–Crippen MR) is 39.1 cm³/mol. The van der Waals surface area contributed by atoms with Crippen molar-refractivity contribution in [2.24, 2.45) is 0 Å². The number of methoxy groups -OCH3 is 1. The molecule has 55 valence electrons. The average molecular weight is 130 g/mol. The standard InChI is InChI=1S/C7H16NO/c1-4-8(5-2)6-7-9-3/h6H,4-5,7H2,1-3H3. The van der Waals surface area contributed by atoms with Crippen molar-refractivity contribution in [1.82, 2.24) is 4.90 Å². The van der Waals surface area contributed by atoms with Crippen molar-refractivity contribution in [2.45, 2.75) is 13.8 Å². The third kappa shape index (κ3) is 4.43. The first kappa shape index (κ1) is 8.92. The molecule has 0 aromatic heterocycles. The molecule has 0 saturated carbocycles. The lowest BCUT2D eigenvalue weighted by Crippen LogP contribution is -2.21. The molecule has 0 saturated heterocycles. The Morgan fingerprint density at radius 3 is 2.22 bits per heavy atom. The number of likely N-dealkylation sites (N-methyl/N-ethyl adjacent to an activating group) is 1.